The molecule has 0 saturated carbocycles. The van der Waals surface area contributed by atoms with Crippen molar-refractivity contribution in [3.63, 3.8) is 0 Å². The number of halogens is 1. The van der Waals surface area contributed by atoms with Crippen LogP contribution in [-0.4, -0.2) is 36.8 Å². The van der Waals surface area contributed by atoms with Gasteiger partial charge in [-0.1, -0.05) is 46.9 Å². The van der Waals surface area contributed by atoms with Gasteiger partial charge in [-0.05, 0) is 43.3 Å². The van der Waals surface area contributed by atoms with E-state index in [1.807, 2.05) is 6.92 Å². The third kappa shape index (κ3) is 5.90. The Morgan fingerprint density at radius 1 is 1.19 bits per heavy atom. The normalized spacial score (nSPS) is 11.2. The van der Waals surface area contributed by atoms with Crippen molar-refractivity contribution >= 4 is 49.8 Å². The molecule has 0 atom stereocenters. The number of aryl methyl sites for hydroxylation is 1. The van der Waals surface area contributed by atoms with Crippen LogP contribution in [0, 0.1) is 12.7 Å². The zero-order valence-electron chi connectivity index (χ0n) is 16.5. The molecular formula is C20H19FN4O3S3. The molecule has 1 aromatic heterocycles. The highest BCUT2D eigenvalue weighted by atomic mass is 32.2. The van der Waals surface area contributed by atoms with Crippen LogP contribution in [0.4, 0.5) is 15.2 Å². The van der Waals surface area contributed by atoms with Crippen molar-refractivity contribution in [1.29, 1.82) is 0 Å². The second-order valence-electron chi connectivity index (χ2n) is 6.32. The molecule has 3 rings (SSSR count). The Hall–Kier alpha value is -2.76. The molecule has 0 spiro atoms. The second kappa shape index (κ2) is 10.0. The van der Waals surface area contributed by atoms with E-state index in [0.29, 0.717) is 10.1 Å². The summed E-state index contributed by atoms with van der Waals surface area (Å²) in [5.41, 5.74) is 1.06. The average molecular weight is 479 g/mol. The summed E-state index contributed by atoms with van der Waals surface area (Å²) in [6.07, 6.45) is 1.72. The van der Waals surface area contributed by atoms with Crippen LogP contribution >= 0.6 is 23.1 Å². The highest BCUT2D eigenvalue weighted by Gasteiger charge is 2.27. The summed E-state index contributed by atoms with van der Waals surface area (Å²) in [5.74, 6) is -0.467. The maximum Gasteiger partial charge on any atom is 0.264 e. The molecule has 162 valence electrons. The van der Waals surface area contributed by atoms with E-state index in [1.165, 1.54) is 47.4 Å². The average Bonchev–Trinajstić information content (AvgIpc) is 3.18. The number of sulfonamides is 1. The summed E-state index contributed by atoms with van der Waals surface area (Å²) in [7, 11) is -4.08. The zero-order chi connectivity index (χ0) is 22.4. The topological polar surface area (TPSA) is 92.3 Å². The van der Waals surface area contributed by atoms with Gasteiger partial charge in [0.15, 0.2) is 4.34 Å². The van der Waals surface area contributed by atoms with Gasteiger partial charge >= 0.3 is 0 Å². The Morgan fingerprint density at radius 3 is 2.52 bits per heavy atom. The molecule has 0 aliphatic heterocycles. The van der Waals surface area contributed by atoms with Crippen molar-refractivity contribution in [2.45, 2.75) is 16.2 Å². The monoisotopic (exact) mass is 478 g/mol. The van der Waals surface area contributed by atoms with Gasteiger partial charge in [0.25, 0.3) is 10.0 Å². The molecule has 0 fully saturated rings. The van der Waals surface area contributed by atoms with E-state index in [0.717, 1.165) is 22.0 Å². The largest absolute Gasteiger partial charge is 0.299 e. The smallest absolute Gasteiger partial charge is 0.264 e. The van der Waals surface area contributed by atoms with Crippen LogP contribution in [0.2, 0.25) is 0 Å². The minimum absolute atomic E-state index is 0.0225. The predicted octanol–water partition coefficient (Wildman–Crippen LogP) is 4.10. The van der Waals surface area contributed by atoms with Crippen LogP contribution in [0.25, 0.3) is 0 Å². The minimum Gasteiger partial charge on any atom is -0.299 e. The number of hydrogen-bond donors (Lipinski definition) is 1. The number of nitrogens with zero attached hydrogens (tertiary/aromatic N) is 3. The lowest BCUT2D eigenvalue weighted by Crippen LogP contribution is -2.38. The Labute approximate surface area is 188 Å². The molecule has 0 saturated heterocycles. The van der Waals surface area contributed by atoms with E-state index in [9.17, 15) is 17.6 Å². The summed E-state index contributed by atoms with van der Waals surface area (Å²) in [5, 5.41) is 10.7. The number of nitrogens with one attached hydrogen (secondary N) is 1. The van der Waals surface area contributed by atoms with E-state index >= 15 is 0 Å². The molecule has 2 aromatic carbocycles. The summed E-state index contributed by atoms with van der Waals surface area (Å²) < 4.78 is 41.5. The number of benzene rings is 2. The third-order valence-corrected chi connectivity index (χ3v) is 7.74. The standard InChI is InChI=1S/C20H19FN4O3S3/c1-3-12-29-20-24-23-19(30-20)22-18(26)13-25(16-8-6-15(21)7-9-16)31(27,28)17-10-4-14(2)5-11-17/h3-11H,1,12-13H2,2H3,(H,22,23,26). The molecule has 0 bridgehead atoms. The van der Waals surface area contributed by atoms with E-state index in [1.54, 1.807) is 18.2 Å². The number of aromatic nitrogens is 2. The SMILES string of the molecule is C=CCSc1nnc(NC(=O)CN(c2ccc(F)cc2)S(=O)(=O)c2ccc(C)cc2)s1. The van der Waals surface area contributed by atoms with Crippen molar-refractivity contribution in [2.24, 2.45) is 0 Å². The fourth-order valence-corrected chi connectivity index (χ4v) is 5.45. The lowest BCUT2D eigenvalue weighted by Gasteiger charge is -2.24. The van der Waals surface area contributed by atoms with Gasteiger partial charge < -0.3 is 0 Å². The molecule has 0 unspecified atom stereocenters. The summed E-state index contributed by atoms with van der Waals surface area (Å²) in [6, 6.07) is 11.2. The fourth-order valence-electron chi connectivity index (χ4n) is 2.50. The quantitative estimate of drug-likeness (QED) is 0.283. The van der Waals surface area contributed by atoms with Gasteiger partial charge in [0, 0.05) is 5.75 Å². The number of amides is 1. The van der Waals surface area contributed by atoms with Crippen molar-refractivity contribution in [3.05, 3.63) is 72.6 Å². The molecule has 1 amide bonds. The van der Waals surface area contributed by atoms with Gasteiger partial charge in [-0.15, -0.1) is 16.8 Å². The van der Waals surface area contributed by atoms with Crippen LogP contribution in [0.5, 0.6) is 0 Å². The van der Waals surface area contributed by atoms with E-state index < -0.39 is 28.3 Å². The summed E-state index contributed by atoms with van der Waals surface area (Å²) in [6.45, 7) is 4.95. The third-order valence-electron chi connectivity index (χ3n) is 3.99. The maximum absolute atomic E-state index is 13.4. The van der Waals surface area contributed by atoms with Crippen LogP contribution in [0.1, 0.15) is 5.56 Å². The number of hydrogen-bond acceptors (Lipinski definition) is 7. The first kappa shape index (κ1) is 22.9. The van der Waals surface area contributed by atoms with Gasteiger partial charge in [0.1, 0.15) is 12.4 Å². The molecule has 11 heteroatoms. The first-order chi connectivity index (χ1) is 14.8. The number of anilines is 2. The van der Waals surface area contributed by atoms with Crippen molar-refractivity contribution < 1.29 is 17.6 Å². The lowest BCUT2D eigenvalue weighted by molar-refractivity contribution is -0.114. The predicted molar refractivity (Wildman–Crippen MR) is 122 cm³/mol. The van der Waals surface area contributed by atoms with Crippen molar-refractivity contribution in [2.75, 3.05) is 21.9 Å². The Bertz CT molecular complexity index is 1160. The van der Waals surface area contributed by atoms with Crippen LogP contribution in [-0.2, 0) is 14.8 Å². The minimum atomic E-state index is -4.08. The number of carbonyl (C=O) groups excluding carboxylic acids is 1. The fraction of sp³-hybridized carbons (Fsp3) is 0.150. The van der Waals surface area contributed by atoms with Gasteiger partial charge in [-0.25, -0.2) is 12.8 Å². The van der Waals surface area contributed by atoms with E-state index in [-0.39, 0.29) is 15.7 Å². The Kier molecular flexibility index (Phi) is 7.42. The molecule has 7 nitrogen and oxygen atoms in total. The maximum atomic E-state index is 13.4. The lowest BCUT2D eigenvalue weighted by atomic mass is 10.2. The molecule has 0 aliphatic carbocycles. The first-order valence-electron chi connectivity index (χ1n) is 9.01. The Morgan fingerprint density at radius 2 is 1.87 bits per heavy atom. The van der Waals surface area contributed by atoms with Gasteiger partial charge in [-0.3, -0.25) is 14.4 Å². The molecule has 3 aromatic rings. The number of thioether (sulfide) groups is 1. The second-order valence-corrected chi connectivity index (χ2v) is 10.4. The highest BCUT2D eigenvalue weighted by molar-refractivity contribution is 8.01. The van der Waals surface area contributed by atoms with Gasteiger partial charge in [-0.2, -0.15) is 0 Å². The molecule has 0 aliphatic rings. The van der Waals surface area contributed by atoms with Crippen molar-refractivity contribution in [3.8, 4) is 0 Å². The van der Waals surface area contributed by atoms with Crippen LogP contribution in [0.3, 0.4) is 0 Å². The summed E-state index contributed by atoms with van der Waals surface area (Å²) >= 11 is 2.59. The molecule has 1 heterocycles. The number of carbonyl (C=O) groups is 1. The molecular weight excluding hydrogens is 459 g/mol. The Balaban J connectivity index is 1.85. The van der Waals surface area contributed by atoms with E-state index in [2.05, 4.69) is 22.1 Å². The van der Waals surface area contributed by atoms with Crippen LogP contribution in [0.15, 0.2) is 70.4 Å². The highest BCUT2D eigenvalue weighted by Crippen LogP contribution is 2.27. The molecule has 1 N–H and O–H groups in total. The first-order valence-corrected chi connectivity index (χ1v) is 12.3. The summed E-state index contributed by atoms with van der Waals surface area (Å²) in [4.78, 5) is 12.7. The van der Waals surface area contributed by atoms with Crippen molar-refractivity contribution in [1.82, 2.24) is 10.2 Å². The van der Waals surface area contributed by atoms with E-state index in [4.69, 9.17) is 0 Å². The molecule has 31 heavy (non-hydrogen) atoms. The van der Waals surface area contributed by atoms with Gasteiger partial charge in [0.2, 0.25) is 11.0 Å². The number of rotatable bonds is 9. The molecule has 0 radical (unpaired) electrons. The van der Waals surface area contributed by atoms with Gasteiger partial charge in [0.05, 0.1) is 10.6 Å². The zero-order valence-corrected chi connectivity index (χ0v) is 18.9. The van der Waals surface area contributed by atoms with Crippen LogP contribution < -0.4 is 9.62 Å².